The highest BCUT2D eigenvalue weighted by Crippen LogP contribution is 2.61. The number of nitrogens with zero attached hydrogens (tertiary/aromatic N) is 1. The molecule has 1 aliphatic carbocycles. The first-order valence-corrected chi connectivity index (χ1v) is 11.2. The predicted molar refractivity (Wildman–Crippen MR) is 97.6 cm³/mol. The average Bonchev–Trinajstić information content (AvgIpc) is 2.64. The highest BCUT2D eigenvalue weighted by molar-refractivity contribution is 5.46. The zero-order valence-corrected chi connectivity index (χ0v) is 18.6. The summed E-state index contributed by atoms with van der Waals surface area (Å²) in [6.07, 6.45) is 0. The number of halogens is 1. The van der Waals surface area contributed by atoms with Crippen molar-refractivity contribution in [3.05, 3.63) is 65.0 Å². The Morgan fingerprint density at radius 3 is 1.97 bits per heavy atom. The molecule has 2 bridgehead atoms. The molecule has 0 N–H and O–H groups in total. The molecule has 2 atom stereocenters. The number of ether oxygens (including phenoxy) is 2. The quantitative estimate of drug-likeness (QED) is 0.464. The molecular formula is C22H28ClNO6. The highest BCUT2D eigenvalue weighted by atomic mass is 35.7. The lowest BCUT2D eigenvalue weighted by Gasteiger charge is -2.57. The fourth-order valence-corrected chi connectivity index (χ4v) is 5.24. The molecule has 0 radical (unpaired) electrons. The molecule has 2 aromatic rings. The Bertz CT molecular complexity index is 899. The minimum atomic E-state index is -4.94. The van der Waals surface area contributed by atoms with Gasteiger partial charge in [-0.1, -0.05) is 24.3 Å². The molecule has 3 heterocycles. The summed E-state index contributed by atoms with van der Waals surface area (Å²) in [4.78, 5) is 0. The van der Waals surface area contributed by atoms with Crippen LogP contribution in [0.2, 0.25) is 0 Å². The van der Waals surface area contributed by atoms with Gasteiger partial charge >= 0.3 is 0 Å². The number of fused-ring (bicyclic) bond motifs is 1. The van der Waals surface area contributed by atoms with Crippen LogP contribution >= 0.6 is 0 Å². The zero-order chi connectivity index (χ0) is 22.3. The summed E-state index contributed by atoms with van der Waals surface area (Å²) in [6, 6.07) is 15.6. The third kappa shape index (κ3) is 3.65. The molecule has 2 unspecified atom stereocenters. The van der Waals surface area contributed by atoms with Crippen molar-refractivity contribution in [2.75, 3.05) is 13.2 Å². The molecule has 0 spiro atoms. The van der Waals surface area contributed by atoms with Gasteiger partial charge in [-0.05, 0) is 39.3 Å². The predicted octanol–water partition coefficient (Wildman–Crippen LogP) is -0.630. The Labute approximate surface area is 179 Å². The highest BCUT2D eigenvalue weighted by Gasteiger charge is 2.70. The Hall–Kier alpha value is -1.58. The van der Waals surface area contributed by atoms with Gasteiger partial charge in [-0.2, -0.15) is 4.57 Å². The van der Waals surface area contributed by atoms with Crippen molar-refractivity contribution in [3.63, 3.8) is 0 Å². The standard InChI is InChI=1S/C22H28NO2.ClHO4/c1-6-24-22(25-7-2)19-16-12-8-9-13-17(16)20(21(22,4)5)23-15(3)11-10-14-18(19)23;2-1(3,4)5/h8-14,19-20H,6-7H2,1-5H3;(H,2,3,4,5)/q+1;/p-1. The van der Waals surface area contributed by atoms with E-state index in [1.807, 2.05) is 0 Å². The molecule has 1 aromatic carbocycles. The van der Waals surface area contributed by atoms with Crippen LogP contribution in [0.4, 0.5) is 0 Å². The molecule has 0 fully saturated rings. The van der Waals surface area contributed by atoms with Crippen LogP contribution in [0.1, 0.15) is 62.2 Å². The van der Waals surface area contributed by atoms with Crippen molar-refractivity contribution in [1.82, 2.24) is 0 Å². The number of rotatable bonds is 4. The maximum absolute atomic E-state index is 8.49. The average molecular weight is 438 g/mol. The van der Waals surface area contributed by atoms with Crippen molar-refractivity contribution in [1.29, 1.82) is 0 Å². The van der Waals surface area contributed by atoms with Gasteiger partial charge in [0.25, 0.3) is 0 Å². The van der Waals surface area contributed by atoms with Crippen LogP contribution < -0.4 is 23.2 Å². The summed E-state index contributed by atoms with van der Waals surface area (Å²) in [7, 11) is -4.94. The number of aromatic nitrogens is 1. The molecule has 2 aliphatic heterocycles. The maximum Gasteiger partial charge on any atom is 0.196 e. The number of hydrogen-bond acceptors (Lipinski definition) is 6. The van der Waals surface area contributed by atoms with Crippen molar-refractivity contribution < 1.29 is 42.9 Å². The molecule has 0 saturated carbocycles. The molecule has 3 aliphatic rings. The number of benzene rings is 1. The lowest BCUT2D eigenvalue weighted by molar-refractivity contribution is -2.00. The van der Waals surface area contributed by atoms with E-state index in [0.29, 0.717) is 13.2 Å². The van der Waals surface area contributed by atoms with Crippen LogP contribution in [-0.4, -0.2) is 19.0 Å². The van der Waals surface area contributed by atoms with E-state index in [-0.39, 0.29) is 17.4 Å². The zero-order valence-electron chi connectivity index (χ0n) is 17.9. The molecular weight excluding hydrogens is 410 g/mol. The molecule has 5 rings (SSSR count). The van der Waals surface area contributed by atoms with E-state index < -0.39 is 16.0 Å². The summed E-state index contributed by atoms with van der Waals surface area (Å²) in [6.45, 7) is 12.2. The first-order valence-electron chi connectivity index (χ1n) is 9.99. The van der Waals surface area contributed by atoms with Gasteiger partial charge in [0.15, 0.2) is 23.2 Å². The fraction of sp³-hybridized carbons (Fsp3) is 0.500. The number of hydrogen-bond donors (Lipinski definition) is 0. The van der Waals surface area contributed by atoms with Crippen LogP contribution in [0.25, 0.3) is 0 Å². The summed E-state index contributed by atoms with van der Waals surface area (Å²) in [5, 5.41) is 0. The second-order valence-corrected chi connectivity index (χ2v) is 8.82. The molecule has 0 amide bonds. The van der Waals surface area contributed by atoms with Gasteiger partial charge < -0.3 is 9.47 Å². The van der Waals surface area contributed by atoms with Crippen molar-refractivity contribution in [2.45, 2.75) is 52.4 Å². The van der Waals surface area contributed by atoms with Crippen LogP contribution in [0, 0.1) is 22.6 Å². The van der Waals surface area contributed by atoms with E-state index >= 15 is 0 Å². The first kappa shape index (κ1) is 23.1. The third-order valence-electron chi connectivity index (χ3n) is 6.10. The van der Waals surface area contributed by atoms with Gasteiger partial charge in [0, 0.05) is 37.8 Å². The first-order chi connectivity index (χ1) is 14.0. The maximum atomic E-state index is 8.49. The summed E-state index contributed by atoms with van der Waals surface area (Å²) in [5.41, 5.74) is 5.14. The van der Waals surface area contributed by atoms with E-state index in [9.17, 15) is 0 Å². The smallest absolute Gasteiger partial charge is 0.196 e. The van der Waals surface area contributed by atoms with E-state index in [1.54, 1.807) is 0 Å². The Balaban J connectivity index is 0.000000461. The topological polar surface area (TPSA) is 115 Å². The largest absolute Gasteiger partial charge is 0.348 e. The SMILES string of the molecule is CCOC1(OCC)C2c3ccccc3C([n+]3c(C)cccc32)C1(C)C.[O-][Cl+3]([O-])([O-])[O-]. The number of pyridine rings is 1. The van der Waals surface area contributed by atoms with Gasteiger partial charge in [0.1, 0.15) is 5.92 Å². The number of aryl methyl sites for hydroxylation is 1. The van der Waals surface area contributed by atoms with Gasteiger partial charge in [0.2, 0.25) is 0 Å². The molecule has 1 aromatic heterocycles. The van der Waals surface area contributed by atoms with Gasteiger partial charge in [0.05, 0.1) is 5.41 Å². The van der Waals surface area contributed by atoms with Crippen LogP contribution in [0.3, 0.4) is 0 Å². The Morgan fingerprint density at radius 1 is 0.900 bits per heavy atom. The molecule has 164 valence electrons. The molecule has 0 saturated heterocycles. The molecule has 7 nitrogen and oxygen atoms in total. The van der Waals surface area contributed by atoms with Crippen LogP contribution in [-0.2, 0) is 9.47 Å². The fourth-order valence-electron chi connectivity index (χ4n) is 5.24. The lowest BCUT2D eigenvalue weighted by atomic mass is 9.57. The summed E-state index contributed by atoms with van der Waals surface area (Å²) in [5.74, 6) is -0.577. The van der Waals surface area contributed by atoms with Crippen molar-refractivity contribution in [2.24, 2.45) is 5.41 Å². The Morgan fingerprint density at radius 2 is 1.43 bits per heavy atom. The normalized spacial score (nSPS) is 22.6. The van der Waals surface area contributed by atoms with Crippen molar-refractivity contribution in [3.8, 4) is 0 Å². The second kappa shape index (κ2) is 8.16. The van der Waals surface area contributed by atoms with E-state index in [2.05, 4.69) is 81.7 Å². The minimum Gasteiger partial charge on any atom is -0.348 e. The van der Waals surface area contributed by atoms with E-state index in [4.69, 9.17) is 28.1 Å². The minimum absolute atomic E-state index is 0.0727. The second-order valence-electron chi connectivity index (χ2n) is 8.06. The van der Waals surface area contributed by atoms with Gasteiger partial charge in [-0.3, -0.25) is 0 Å². The third-order valence-corrected chi connectivity index (χ3v) is 6.10. The summed E-state index contributed by atoms with van der Waals surface area (Å²) >= 11 is 0. The van der Waals surface area contributed by atoms with Gasteiger partial charge in [-0.15, -0.1) is 10.2 Å². The van der Waals surface area contributed by atoms with Crippen molar-refractivity contribution >= 4 is 0 Å². The van der Waals surface area contributed by atoms with E-state index in [0.717, 1.165) is 0 Å². The lowest BCUT2D eigenvalue weighted by Crippen LogP contribution is -2.72. The van der Waals surface area contributed by atoms with Gasteiger partial charge in [-0.25, -0.2) is 18.6 Å². The monoisotopic (exact) mass is 437 g/mol. The molecule has 30 heavy (non-hydrogen) atoms. The van der Waals surface area contributed by atoms with Crippen LogP contribution in [0.15, 0.2) is 42.5 Å². The van der Waals surface area contributed by atoms with Crippen LogP contribution in [0.5, 0.6) is 0 Å². The molecule has 8 heteroatoms. The van der Waals surface area contributed by atoms with E-state index in [1.165, 1.54) is 22.5 Å². The Kier molecular flexibility index (Phi) is 6.28. The summed E-state index contributed by atoms with van der Waals surface area (Å²) < 4.78 is 49.4.